The van der Waals surface area contributed by atoms with Gasteiger partial charge in [-0.2, -0.15) is 0 Å². The Balaban J connectivity index is 2.38. The van der Waals surface area contributed by atoms with Crippen LogP contribution >= 0.6 is 0 Å². The van der Waals surface area contributed by atoms with Crippen LogP contribution in [0.3, 0.4) is 0 Å². The van der Waals surface area contributed by atoms with E-state index in [0.717, 1.165) is 25.7 Å². The van der Waals surface area contributed by atoms with Gasteiger partial charge in [-0.3, -0.25) is 4.79 Å². The summed E-state index contributed by atoms with van der Waals surface area (Å²) in [5.41, 5.74) is 5.68. The smallest absolute Gasteiger partial charge is 0.223 e. The predicted octanol–water partition coefficient (Wildman–Crippen LogP) is 1.42. The van der Waals surface area contributed by atoms with Gasteiger partial charge in [0.1, 0.15) is 0 Å². The van der Waals surface area contributed by atoms with Crippen LogP contribution in [-0.2, 0) is 4.79 Å². The zero-order valence-corrected chi connectivity index (χ0v) is 9.47. The van der Waals surface area contributed by atoms with Gasteiger partial charge in [0.05, 0.1) is 0 Å². The van der Waals surface area contributed by atoms with Crippen LogP contribution in [0.2, 0.25) is 0 Å². The fourth-order valence-electron chi connectivity index (χ4n) is 1.85. The van der Waals surface area contributed by atoms with E-state index in [9.17, 15) is 4.79 Å². The molecule has 1 saturated carbocycles. The quantitative estimate of drug-likeness (QED) is 0.669. The molecule has 0 saturated heterocycles. The molecule has 1 aliphatic rings. The van der Waals surface area contributed by atoms with Gasteiger partial charge in [-0.05, 0) is 46.5 Å². The largest absolute Gasteiger partial charge is 0.351 e. The molecule has 0 spiro atoms. The predicted molar refractivity (Wildman–Crippen MR) is 57.8 cm³/mol. The number of hydrogen-bond donors (Lipinski definition) is 2. The van der Waals surface area contributed by atoms with Crippen molar-refractivity contribution >= 4 is 5.91 Å². The molecule has 0 aromatic heterocycles. The molecule has 14 heavy (non-hydrogen) atoms. The van der Waals surface area contributed by atoms with Crippen LogP contribution in [0.25, 0.3) is 0 Å². The molecule has 0 heterocycles. The maximum Gasteiger partial charge on any atom is 0.223 e. The molecular weight excluding hydrogens is 176 g/mol. The highest BCUT2D eigenvalue weighted by atomic mass is 16.2. The first-order valence-corrected chi connectivity index (χ1v) is 5.46. The summed E-state index contributed by atoms with van der Waals surface area (Å²) in [6.45, 7) is 6.04. The van der Waals surface area contributed by atoms with E-state index in [4.69, 9.17) is 5.73 Å². The van der Waals surface area contributed by atoms with Crippen molar-refractivity contribution in [2.45, 2.75) is 58.0 Å². The minimum absolute atomic E-state index is 0.114. The molecule has 0 bridgehead atoms. The minimum atomic E-state index is -0.114. The highest BCUT2D eigenvalue weighted by Gasteiger charge is 2.26. The van der Waals surface area contributed by atoms with Crippen molar-refractivity contribution in [2.75, 3.05) is 0 Å². The maximum atomic E-state index is 11.8. The van der Waals surface area contributed by atoms with Crippen molar-refractivity contribution in [1.29, 1.82) is 0 Å². The molecule has 3 nitrogen and oxygen atoms in total. The maximum absolute atomic E-state index is 11.8. The van der Waals surface area contributed by atoms with Gasteiger partial charge >= 0.3 is 0 Å². The second kappa shape index (κ2) is 4.30. The molecule has 0 unspecified atom stereocenters. The first-order valence-electron chi connectivity index (χ1n) is 5.46. The van der Waals surface area contributed by atoms with Crippen LogP contribution in [-0.4, -0.2) is 17.5 Å². The van der Waals surface area contributed by atoms with Gasteiger partial charge in [-0.1, -0.05) is 0 Å². The lowest BCUT2D eigenvalue weighted by molar-refractivity contribution is -0.127. The lowest BCUT2D eigenvalue weighted by Gasteiger charge is -2.29. The Morgan fingerprint density at radius 3 is 2.14 bits per heavy atom. The van der Waals surface area contributed by atoms with E-state index >= 15 is 0 Å². The molecule has 0 atom stereocenters. The topological polar surface area (TPSA) is 55.1 Å². The molecule has 0 radical (unpaired) electrons. The summed E-state index contributed by atoms with van der Waals surface area (Å²) in [4.78, 5) is 11.8. The van der Waals surface area contributed by atoms with E-state index in [1.165, 1.54) is 0 Å². The zero-order chi connectivity index (χ0) is 10.8. The Labute approximate surface area is 86.4 Å². The zero-order valence-electron chi connectivity index (χ0n) is 9.47. The third kappa shape index (κ3) is 3.66. The Morgan fingerprint density at radius 1 is 1.21 bits per heavy atom. The van der Waals surface area contributed by atoms with Crippen molar-refractivity contribution in [1.82, 2.24) is 5.32 Å². The van der Waals surface area contributed by atoms with Gasteiger partial charge in [0.2, 0.25) is 5.91 Å². The summed E-state index contributed by atoms with van der Waals surface area (Å²) >= 11 is 0. The van der Waals surface area contributed by atoms with E-state index in [1.54, 1.807) is 0 Å². The molecule has 82 valence electrons. The monoisotopic (exact) mass is 198 g/mol. The van der Waals surface area contributed by atoms with Crippen LogP contribution < -0.4 is 11.1 Å². The molecule has 1 aliphatic carbocycles. The average Bonchev–Trinajstić information content (AvgIpc) is 2.02. The van der Waals surface area contributed by atoms with Crippen LogP contribution in [0.4, 0.5) is 0 Å². The third-order valence-electron chi connectivity index (χ3n) is 2.64. The lowest BCUT2D eigenvalue weighted by Crippen LogP contribution is -2.45. The molecule has 0 aromatic rings. The first-order chi connectivity index (χ1) is 6.38. The fourth-order valence-corrected chi connectivity index (χ4v) is 1.85. The molecule has 0 aromatic carbocycles. The summed E-state index contributed by atoms with van der Waals surface area (Å²) in [5.74, 6) is 0.387. The van der Waals surface area contributed by atoms with Crippen LogP contribution in [0.1, 0.15) is 46.5 Å². The first kappa shape index (κ1) is 11.5. The third-order valence-corrected chi connectivity index (χ3v) is 2.64. The second-order valence-corrected chi connectivity index (χ2v) is 5.35. The molecule has 1 amide bonds. The Morgan fingerprint density at radius 2 is 1.71 bits per heavy atom. The Bertz CT molecular complexity index is 200. The van der Waals surface area contributed by atoms with Crippen molar-refractivity contribution in [3.05, 3.63) is 0 Å². The molecule has 1 fully saturated rings. The molecular formula is C11H22N2O. The minimum Gasteiger partial charge on any atom is -0.351 e. The van der Waals surface area contributed by atoms with E-state index < -0.39 is 0 Å². The van der Waals surface area contributed by atoms with E-state index in [2.05, 4.69) is 5.32 Å². The normalized spacial score (nSPS) is 28.6. The number of nitrogens with one attached hydrogen (secondary N) is 1. The Kier molecular flexibility index (Phi) is 3.53. The summed E-state index contributed by atoms with van der Waals surface area (Å²) in [7, 11) is 0. The van der Waals surface area contributed by atoms with Gasteiger partial charge in [0.25, 0.3) is 0 Å². The van der Waals surface area contributed by atoms with Gasteiger partial charge in [-0.25, -0.2) is 0 Å². The van der Waals surface area contributed by atoms with Crippen molar-refractivity contribution in [2.24, 2.45) is 11.7 Å². The number of carbonyl (C=O) groups excluding carboxylic acids is 1. The second-order valence-electron chi connectivity index (χ2n) is 5.35. The number of rotatable bonds is 1. The van der Waals surface area contributed by atoms with E-state index in [-0.39, 0.29) is 17.4 Å². The standard InChI is InChI=1S/C11H22N2O/c1-11(2,3)13-10(14)8-4-6-9(12)7-5-8/h8-9H,4-7,12H2,1-3H3,(H,13,14)/t8-,9-. The highest BCUT2D eigenvalue weighted by molar-refractivity contribution is 5.79. The number of nitrogens with two attached hydrogens (primary N) is 1. The Hall–Kier alpha value is -0.570. The van der Waals surface area contributed by atoms with Gasteiger partial charge in [0, 0.05) is 17.5 Å². The molecule has 1 rings (SSSR count). The van der Waals surface area contributed by atoms with Crippen LogP contribution in [0, 0.1) is 5.92 Å². The lowest BCUT2D eigenvalue weighted by atomic mass is 9.85. The van der Waals surface area contributed by atoms with Gasteiger partial charge in [-0.15, -0.1) is 0 Å². The fraction of sp³-hybridized carbons (Fsp3) is 0.909. The van der Waals surface area contributed by atoms with Crippen molar-refractivity contribution in [3.63, 3.8) is 0 Å². The van der Waals surface area contributed by atoms with E-state index in [0.29, 0.717) is 6.04 Å². The molecule has 0 aliphatic heterocycles. The van der Waals surface area contributed by atoms with Crippen molar-refractivity contribution < 1.29 is 4.79 Å². The van der Waals surface area contributed by atoms with Crippen molar-refractivity contribution in [3.8, 4) is 0 Å². The summed E-state index contributed by atoms with van der Waals surface area (Å²) in [5, 5.41) is 3.02. The van der Waals surface area contributed by atoms with E-state index in [1.807, 2.05) is 20.8 Å². The number of hydrogen-bond acceptors (Lipinski definition) is 2. The van der Waals surface area contributed by atoms with Crippen LogP contribution in [0.5, 0.6) is 0 Å². The summed E-state index contributed by atoms with van der Waals surface area (Å²) < 4.78 is 0. The molecule has 3 heteroatoms. The number of amides is 1. The SMILES string of the molecule is CC(C)(C)NC(=O)[C@H]1CC[C@H](N)CC1. The number of carbonyl (C=O) groups is 1. The summed E-state index contributed by atoms with van der Waals surface area (Å²) in [6, 6.07) is 0.314. The average molecular weight is 198 g/mol. The highest BCUT2D eigenvalue weighted by Crippen LogP contribution is 2.23. The van der Waals surface area contributed by atoms with Gasteiger partial charge in [0.15, 0.2) is 0 Å². The molecule has 3 N–H and O–H groups in total. The van der Waals surface area contributed by atoms with Gasteiger partial charge < -0.3 is 11.1 Å². The summed E-state index contributed by atoms with van der Waals surface area (Å²) in [6.07, 6.45) is 3.87. The van der Waals surface area contributed by atoms with Crippen LogP contribution in [0.15, 0.2) is 0 Å².